The monoisotopic (exact) mass is 452 g/mol. The molecule has 0 atom stereocenters. The van der Waals surface area contributed by atoms with Crippen molar-refractivity contribution in [3.63, 3.8) is 0 Å². The van der Waals surface area contributed by atoms with Crippen LogP contribution in [0.25, 0.3) is 16.6 Å². The van der Waals surface area contributed by atoms with Crippen LogP contribution in [0, 0.1) is 8.99 Å². The van der Waals surface area contributed by atoms with Gasteiger partial charge in [0.1, 0.15) is 0 Å². The molecule has 1 aliphatic carbocycles. The van der Waals surface area contributed by atoms with E-state index in [4.69, 9.17) is 4.98 Å². The topological polar surface area (TPSA) is 33.2 Å². The molecular weight excluding hydrogens is 435 g/mol. The quantitative estimate of drug-likeness (QED) is 0.462. The predicted octanol–water partition coefficient (Wildman–Crippen LogP) is 5.42. The SMILES string of the molecule is CC1(C)C=C2c3c(nc4ccccc4c3C(=O)N2c2ccc(I)cc2)C1. The van der Waals surface area contributed by atoms with E-state index in [1.807, 2.05) is 53.4 Å². The van der Waals surface area contributed by atoms with Gasteiger partial charge >= 0.3 is 0 Å². The highest BCUT2D eigenvalue weighted by atomic mass is 127. The maximum absolute atomic E-state index is 13.5. The largest absolute Gasteiger partial charge is 0.277 e. The number of rotatable bonds is 1. The number of allylic oxidation sites excluding steroid dienone is 1. The number of pyridine rings is 1. The molecule has 0 bridgehead atoms. The Morgan fingerprint density at radius 3 is 2.54 bits per heavy atom. The summed E-state index contributed by atoms with van der Waals surface area (Å²) in [5.41, 5.74) is 5.60. The Morgan fingerprint density at radius 2 is 1.77 bits per heavy atom. The number of benzene rings is 2. The first kappa shape index (κ1) is 16.0. The molecular formula is C22H17IN2O. The molecule has 1 amide bonds. The van der Waals surface area contributed by atoms with Crippen molar-refractivity contribution >= 4 is 50.8 Å². The summed E-state index contributed by atoms with van der Waals surface area (Å²) in [6.07, 6.45) is 3.08. The molecule has 0 saturated carbocycles. The lowest BCUT2D eigenvalue weighted by atomic mass is 9.79. The number of carbonyl (C=O) groups excluding carboxylic acids is 1. The number of fused-ring (bicyclic) bond motifs is 2. The molecule has 2 aliphatic rings. The molecule has 3 nitrogen and oxygen atoms in total. The van der Waals surface area contributed by atoms with Crippen LogP contribution < -0.4 is 4.90 Å². The Labute approximate surface area is 165 Å². The summed E-state index contributed by atoms with van der Waals surface area (Å²) in [7, 11) is 0. The fraction of sp³-hybridized carbons (Fsp3) is 0.182. The molecule has 2 heterocycles. The zero-order chi connectivity index (χ0) is 18.1. The number of halogens is 1. The molecule has 26 heavy (non-hydrogen) atoms. The van der Waals surface area contributed by atoms with Crippen molar-refractivity contribution in [2.75, 3.05) is 4.90 Å². The third-order valence-corrected chi connectivity index (χ3v) is 5.84. The first-order valence-electron chi connectivity index (χ1n) is 8.69. The van der Waals surface area contributed by atoms with Gasteiger partial charge in [0.2, 0.25) is 0 Å². The van der Waals surface area contributed by atoms with Crippen LogP contribution in [0.3, 0.4) is 0 Å². The van der Waals surface area contributed by atoms with Gasteiger partial charge in [-0.1, -0.05) is 38.1 Å². The number of hydrogen-bond acceptors (Lipinski definition) is 2. The van der Waals surface area contributed by atoms with Gasteiger partial charge in [0.05, 0.1) is 22.5 Å². The first-order chi connectivity index (χ1) is 12.4. The zero-order valence-electron chi connectivity index (χ0n) is 14.6. The van der Waals surface area contributed by atoms with Gasteiger partial charge in [-0.05, 0) is 64.8 Å². The molecule has 0 unspecified atom stereocenters. The second kappa shape index (κ2) is 5.39. The Kier molecular flexibility index (Phi) is 3.32. The number of nitrogens with zero attached hydrogens (tertiary/aromatic N) is 2. The second-order valence-electron chi connectivity index (χ2n) is 7.64. The lowest BCUT2D eigenvalue weighted by molar-refractivity contribution is 0.101. The maximum atomic E-state index is 13.5. The highest BCUT2D eigenvalue weighted by molar-refractivity contribution is 14.1. The third kappa shape index (κ3) is 2.24. The Hall–Kier alpha value is -2.21. The van der Waals surface area contributed by atoms with E-state index in [0.29, 0.717) is 0 Å². The van der Waals surface area contributed by atoms with Crippen molar-refractivity contribution in [3.05, 3.63) is 75.0 Å². The fourth-order valence-electron chi connectivity index (χ4n) is 4.06. The molecule has 0 fully saturated rings. The van der Waals surface area contributed by atoms with Crippen LogP contribution in [0.15, 0.2) is 54.6 Å². The first-order valence-corrected chi connectivity index (χ1v) is 9.77. The highest BCUT2D eigenvalue weighted by Gasteiger charge is 2.41. The minimum atomic E-state index is -0.0405. The number of carbonyl (C=O) groups is 1. The lowest BCUT2D eigenvalue weighted by Crippen LogP contribution is -2.26. The van der Waals surface area contributed by atoms with Crippen molar-refractivity contribution in [2.45, 2.75) is 20.3 Å². The van der Waals surface area contributed by atoms with Crippen LogP contribution in [0.1, 0.15) is 35.5 Å². The van der Waals surface area contributed by atoms with E-state index in [1.54, 1.807) is 0 Å². The number of anilines is 1. The smallest absolute Gasteiger partial charge is 0.264 e. The van der Waals surface area contributed by atoms with Crippen LogP contribution in [0.5, 0.6) is 0 Å². The molecule has 0 spiro atoms. The van der Waals surface area contributed by atoms with E-state index < -0.39 is 0 Å². The standard InChI is InChI=1S/C22H17IN2O/c1-22(2)11-17-20-18(12-22)25(14-9-7-13(23)8-10-14)21(26)19(20)15-5-3-4-6-16(15)24-17/h3-10,12H,11H2,1-2H3. The van der Waals surface area contributed by atoms with E-state index >= 15 is 0 Å². The van der Waals surface area contributed by atoms with Crippen LogP contribution in [-0.2, 0) is 6.42 Å². The van der Waals surface area contributed by atoms with Gasteiger partial charge in [-0.2, -0.15) is 0 Å². The third-order valence-electron chi connectivity index (χ3n) is 5.12. The minimum Gasteiger partial charge on any atom is -0.277 e. The Bertz CT molecular complexity index is 1110. The molecule has 1 aromatic heterocycles. The summed E-state index contributed by atoms with van der Waals surface area (Å²) < 4.78 is 1.15. The Morgan fingerprint density at radius 1 is 1.04 bits per heavy atom. The molecule has 4 heteroatoms. The highest BCUT2D eigenvalue weighted by Crippen LogP contribution is 2.47. The average Bonchev–Trinajstić information content (AvgIpc) is 2.88. The summed E-state index contributed by atoms with van der Waals surface area (Å²) >= 11 is 2.29. The summed E-state index contributed by atoms with van der Waals surface area (Å²) in [6, 6.07) is 16.1. The van der Waals surface area contributed by atoms with Gasteiger partial charge in [0.25, 0.3) is 5.91 Å². The summed E-state index contributed by atoms with van der Waals surface area (Å²) in [5.74, 6) is 0.0463. The molecule has 3 aromatic rings. The van der Waals surface area contributed by atoms with Crippen LogP contribution in [-0.4, -0.2) is 10.9 Å². The molecule has 5 rings (SSSR count). The van der Waals surface area contributed by atoms with Gasteiger partial charge in [0.15, 0.2) is 0 Å². The molecule has 0 radical (unpaired) electrons. The summed E-state index contributed by atoms with van der Waals surface area (Å²) in [5, 5.41) is 0.940. The van der Waals surface area contributed by atoms with Crippen molar-refractivity contribution < 1.29 is 4.79 Å². The summed E-state index contributed by atoms with van der Waals surface area (Å²) in [6.45, 7) is 4.41. The molecule has 128 valence electrons. The molecule has 1 aliphatic heterocycles. The predicted molar refractivity (Wildman–Crippen MR) is 113 cm³/mol. The number of para-hydroxylation sites is 1. The van der Waals surface area contributed by atoms with Crippen molar-refractivity contribution in [2.24, 2.45) is 5.41 Å². The van der Waals surface area contributed by atoms with Crippen molar-refractivity contribution in [1.29, 1.82) is 0 Å². The molecule has 0 N–H and O–H groups in total. The number of amides is 1. The van der Waals surface area contributed by atoms with Crippen molar-refractivity contribution in [1.82, 2.24) is 4.98 Å². The van der Waals surface area contributed by atoms with Gasteiger partial charge in [-0.15, -0.1) is 0 Å². The van der Waals surface area contributed by atoms with E-state index in [2.05, 4.69) is 42.5 Å². The van der Waals surface area contributed by atoms with Gasteiger partial charge in [0, 0.05) is 20.2 Å². The molecule has 2 aromatic carbocycles. The lowest BCUT2D eigenvalue weighted by Gasteiger charge is -2.30. The fourth-order valence-corrected chi connectivity index (χ4v) is 4.42. The van der Waals surface area contributed by atoms with Crippen molar-refractivity contribution in [3.8, 4) is 0 Å². The van der Waals surface area contributed by atoms with E-state index in [9.17, 15) is 4.79 Å². The van der Waals surface area contributed by atoms with E-state index in [0.717, 1.165) is 49.1 Å². The van der Waals surface area contributed by atoms with Gasteiger partial charge in [-0.25, -0.2) is 0 Å². The second-order valence-corrected chi connectivity index (χ2v) is 8.88. The van der Waals surface area contributed by atoms with Crippen LogP contribution in [0.4, 0.5) is 5.69 Å². The van der Waals surface area contributed by atoms with E-state index in [-0.39, 0.29) is 11.3 Å². The van der Waals surface area contributed by atoms with Crippen LogP contribution in [0.2, 0.25) is 0 Å². The van der Waals surface area contributed by atoms with Gasteiger partial charge < -0.3 is 0 Å². The van der Waals surface area contributed by atoms with Gasteiger partial charge in [-0.3, -0.25) is 14.7 Å². The maximum Gasteiger partial charge on any atom is 0.264 e. The van der Waals surface area contributed by atoms with Crippen LogP contribution >= 0.6 is 22.6 Å². The normalized spacial score (nSPS) is 17.4. The summed E-state index contributed by atoms with van der Waals surface area (Å²) in [4.78, 5) is 20.3. The Balaban J connectivity index is 1.84. The minimum absolute atomic E-state index is 0.0405. The number of aromatic nitrogens is 1. The number of hydrogen-bond donors (Lipinski definition) is 0. The van der Waals surface area contributed by atoms with E-state index in [1.165, 1.54) is 0 Å². The average molecular weight is 452 g/mol. The zero-order valence-corrected chi connectivity index (χ0v) is 16.7. The molecule has 0 saturated heterocycles.